The largest absolute Gasteiger partial charge is 0.394 e. The lowest BCUT2D eigenvalue weighted by molar-refractivity contribution is 0.234. The molecule has 0 aliphatic carbocycles. The van der Waals surface area contributed by atoms with Crippen LogP contribution in [0.4, 0.5) is 0 Å². The Hall–Kier alpha value is -0.630. The van der Waals surface area contributed by atoms with Gasteiger partial charge in [-0.2, -0.15) is 16.7 Å². The first-order chi connectivity index (χ1) is 7.72. The number of nitrogens with two attached hydrogens (primary N) is 1. The van der Waals surface area contributed by atoms with Crippen LogP contribution in [0.1, 0.15) is 23.8 Å². The number of aromatic nitrogens is 2. The van der Waals surface area contributed by atoms with Crippen molar-refractivity contribution in [3.63, 3.8) is 0 Å². The van der Waals surface area contributed by atoms with Gasteiger partial charge in [-0.25, -0.2) is 0 Å². The first kappa shape index (κ1) is 11.8. The molecule has 0 amide bonds. The van der Waals surface area contributed by atoms with Gasteiger partial charge in [-0.15, -0.1) is 0 Å². The topological polar surface area (TPSA) is 88.4 Å². The molecule has 1 aromatic heterocycles. The van der Waals surface area contributed by atoms with Gasteiger partial charge in [-0.1, -0.05) is 5.16 Å². The minimum absolute atomic E-state index is 0.183. The summed E-state index contributed by atoms with van der Waals surface area (Å²) in [6.45, 7) is 0.835. The second kappa shape index (κ2) is 5.13. The fourth-order valence-electron chi connectivity index (χ4n) is 1.57. The summed E-state index contributed by atoms with van der Waals surface area (Å²) in [6, 6.07) is -0.398. The summed E-state index contributed by atoms with van der Waals surface area (Å²) < 4.78 is 5.04. The fraction of sp³-hybridized carbons (Fsp3) is 0.778. The molecule has 0 aromatic carbocycles. The van der Waals surface area contributed by atoms with Crippen molar-refractivity contribution in [2.24, 2.45) is 5.73 Å². The van der Waals surface area contributed by atoms with Crippen molar-refractivity contribution in [1.82, 2.24) is 15.0 Å². The Kier molecular flexibility index (Phi) is 3.80. The van der Waals surface area contributed by atoms with Gasteiger partial charge >= 0.3 is 0 Å². The summed E-state index contributed by atoms with van der Waals surface area (Å²) in [5.74, 6) is 3.06. The zero-order valence-electron chi connectivity index (χ0n) is 9.17. The molecule has 0 bridgehead atoms. The quantitative estimate of drug-likeness (QED) is 0.760. The number of thioether (sulfide) groups is 1. The molecule has 1 fully saturated rings. The lowest BCUT2D eigenvalue weighted by Gasteiger charge is -2.29. The molecule has 7 heteroatoms. The highest BCUT2D eigenvalue weighted by molar-refractivity contribution is 7.99. The highest BCUT2D eigenvalue weighted by atomic mass is 32.2. The minimum atomic E-state index is -0.581. The van der Waals surface area contributed by atoms with Gasteiger partial charge in [0.15, 0.2) is 5.82 Å². The molecule has 1 saturated heterocycles. The number of nitrogens with zero attached hydrogens (tertiary/aromatic N) is 3. The Labute approximate surface area is 98.2 Å². The second-order valence-electron chi connectivity index (χ2n) is 3.85. The third-order valence-corrected chi connectivity index (χ3v) is 3.69. The maximum atomic E-state index is 8.89. The van der Waals surface area contributed by atoms with Gasteiger partial charge in [0.25, 0.3) is 0 Å². The number of aliphatic hydroxyl groups excluding tert-OH is 1. The molecule has 6 nitrogen and oxygen atoms in total. The molecule has 0 radical (unpaired) electrons. The lowest BCUT2D eigenvalue weighted by atomic mass is 10.2. The van der Waals surface area contributed by atoms with E-state index < -0.39 is 6.04 Å². The van der Waals surface area contributed by atoms with Crippen LogP contribution in [-0.2, 0) is 0 Å². The minimum Gasteiger partial charge on any atom is -0.394 e. The van der Waals surface area contributed by atoms with E-state index in [2.05, 4.69) is 15.0 Å². The molecule has 0 saturated carbocycles. The Bertz CT molecular complexity index is 346. The van der Waals surface area contributed by atoms with Crippen molar-refractivity contribution in [1.29, 1.82) is 0 Å². The predicted molar refractivity (Wildman–Crippen MR) is 61.0 cm³/mol. The number of hydrogen-bond donors (Lipinski definition) is 2. The van der Waals surface area contributed by atoms with E-state index in [9.17, 15) is 0 Å². The number of rotatable bonds is 3. The highest BCUT2D eigenvalue weighted by Gasteiger charge is 2.26. The summed E-state index contributed by atoms with van der Waals surface area (Å²) in [4.78, 5) is 6.44. The molecule has 1 aromatic rings. The lowest BCUT2D eigenvalue weighted by Crippen LogP contribution is -2.33. The molecule has 0 spiro atoms. The summed E-state index contributed by atoms with van der Waals surface area (Å²) >= 11 is 1.88. The number of hydrogen-bond acceptors (Lipinski definition) is 7. The first-order valence-corrected chi connectivity index (χ1v) is 6.35. The van der Waals surface area contributed by atoms with Gasteiger partial charge in [0.2, 0.25) is 5.89 Å². The van der Waals surface area contributed by atoms with E-state index in [1.807, 2.05) is 18.8 Å². The molecule has 2 rings (SSSR count). The Morgan fingerprint density at radius 3 is 3.25 bits per heavy atom. The maximum absolute atomic E-state index is 8.89. The van der Waals surface area contributed by atoms with E-state index >= 15 is 0 Å². The Morgan fingerprint density at radius 2 is 2.56 bits per heavy atom. The van der Waals surface area contributed by atoms with E-state index in [4.69, 9.17) is 15.4 Å². The summed E-state index contributed by atoms with van der Waals surface area (Å²) in [5.41, 5.74) is 5.61. The SMILES string of the molecule is CN1CCSCC1c1noc(C(N)CO)n1. The van der Waals surface area contributed by atoms with Gasteiger partial charge in [0, 0.05) is 18.1 Å². The molecule has 3 N–H and O–H groups in total. The van der Waals surface area contributed by atoms with Gasteiger partial charge in [0.05, 0.1) is 12.6 Å². The molecule has 1 aliphatic heterocycles. The van der Waals surface area contributed by atoms with Gasteiger partial charge in [-0.3, -0.25) is 4.90 Å². The molecule has 2 atom stereocenters. The normalized spacial score (nSPS) is 24.6. The zero-order valence-corrected chi connectivity index (χ0v) is 9.98. The second-order valence-corrected chi connectivity index (χ2v) is 5.00. The van der Waals surface area contributed by atoms with Crippen LogP contribution in [0.5, 0.6) is 0 Å². The third-order valence-electron chi connectivity index (χ3n) is 2.67. The monoisotopic (exact) mass is 244 g/mol. The van der Waals surface area contributed by atoms with Crippen LogP contribution in [0.3, 0.4) is 0 Å². The van der Waals surface area contributed by atoms with Crippen molar-refractivity contribution < 1.29 is 9.63 Å². The van der Waals surface area contributed by atoms with Crippen LogP contribution >= 0.6 is 11.8 Å². The third kappa shape index (κ3) is 2.37. The van der Waals surface area contributed by atoms with Gasteiger partial charge in [0.1, 0.15) is 6.04 Å². The van der Waals surface area contributed by atoms with E-state index in [0.29, 0.717) is 11.7 Å². The predicted octanol–water partition coefficient (Wildman–Crippen LogP) is -0.219. The van der Waals surface area contributed by atoms with Crippen LogP contribution in [-0.4, -0.2) is 51.9 Å². The molecular formula is C9H16N4O2S. The van der Waals surface area contributed by atoms with Crippen molar-refractivity contribution >= 4 is 11.8 Å². The van der Waals surface area contributed by atoms with Crippen LogP contribution in [0, 0.1) is 0 Å². The van der Waals surface area contributed by atoms with E-state index in [1.165, 1.54) is 0 Å². The van der Waals surface area contributed by atoms with E-state index in [1.54, 1.807) is 0 Å². The van der Waals surface area contributed by atoms with E-state index in [-0.39, 0.29) is 12.6 Å². The molecule has 90 valence electrons. The summed E-state index contributed by atoms with van der Waals surface area (Å²) in [7, 11) is 2.05. The fourth-order valence-corrected chi connectivity index (χ4v) is 2.78. The van der Waals surface area contributed by atoms with Crippen LogP contribution in [0.15, 0.2) is 4.52 Å². The van der Waals surface area contributed by atoms with Crippen molar-refractivity contribution in [3.8, 4) is 0 Å². The molecule has 1 aliphatic rings. The maximum Gasteiger partial charge on any atom is 0.245 e. The standard InChI is InChI=1S/C9H16N4O2S/c1-13-2-3-16-5-7(13)8-11-9(15-12-8)6(10)4-14/h6-7,14H,2-5,10H2,1H3. The zero-order chi connectivity index (χ0) is 11.5. The van der Waals surface area contributed by atoms with Crippen molar-refractivity contribution in [2.45, 2.75) is 12.1 Å². The Morgan fingerprint density at radius 1 is 1.75 bits per heavy atom. The van der Waals surface area contributed by atoms with E-state index in [0.717, 1.165) is 18.1 Å². The smallest absolute Gasteiger partial charge is 0.245 e. The number of aliphatic hydroxyl groups is 1. The summed E-state index contributed by atoms with van der Waals surface area (Å²) in [5, 5.41) is 12.8. The van der Waals surface area contributed by atoms with Crippen LogP contribution in [0.25, 0.3) is 0 Å². The molecular weight excluding hydrogens is 228 g/mol. The average Bonchev–Trinajstić information content (AvgIpc) is 2.78. The van der Waals surface area contributed by atoms with Crippen molar-refractivity contribution in [3.05, 3.63) is 11.7 Å². The van der Waals surface area contributed by atoms with Crippen LogP contribution < -0.4 is 5.73 Å². The molecule has 2 unspecified atom stereocenters. The highest BCUT2D eigenvalue weighted by Crippen LogP contribution is 2.26. The van der Waals surface area contributed by atoms with Crippen molar-refractivity contribution in [2.75, 3.05) is 31.7 Å². The van der Waals surface area contributed by atoms with Gasteiger partial charge in [-0.05, 0) is 7.05 Å². The van der Waals surface area contributed by atoms with Gasteiger partial charge < -0.3 is 15.4 Å². The average molecular weight is 244 g/mol. The molecule has 2 heterocycles. The molecule has 16 heavy (non-hydrogen) atoms. The first-order valence-electron chi connectivity index (χ1n) is 5.20. The van der Waals surface area contributed by atoms with Crippen LogP contribution in [0.2, 0.25) is 0 Å². The Balaban J connectivity index is 2.11. The summed E-state index contributed by atoms with van der Waals surface area (Å²) in [6.07, 6.45) is 0.